The Balaban J connectivity index is 3.97. The first-order valence-electron chi connectivity index (χ1n) is 4.95. The molecule has 0 aromatic heterocycles. The van der Waals surface area contributed by atoms with E-state index >= 15 is 0 Å². The number of likely N-dealkylation sites (N-methyl/N-ethyl adjacent to an activating group) is 1. The average molecular weight is 204 g/mol. The molecule has 0 amide bonds. The van der Waals surface area contributed by atoms with E-state index in [4.69, 9.17) is 15.2 Å². The van der Waals surface area contributed by atoms with Crippen molar-refractivity contribution >= 4 is 0 Å². The van der Waals surface area contributed by atoms with Crippen LogP contribution >= 0.6 is 0 Å². The maximum absolute atomic E-state index is 5.83. The van der Waals surface area contributed by atoms with Crippen LogP contribution in [0.3, 0.4) is 0 Å². The highest BCUT2D eigenvalue weighted by molar-refractivity contribution is 4.68. The fraction of sp³-hybridized carbons (Fsp3) is 1.00. The molecule has 4 heteroatoms. The molecule has 0 radical (unpaired) electrons. The van der Waals surface area contributed by atoms with Crippen molar-refractivity contribution < 1.29 is 9.47 Å². The van der Waals surface area contributed by atoms with Gasteiger partial charge < -0.3 is 20.1 Å². The van der Waals surface area contributed by atoms with E-state index in [2.05, 4.69) is 4.90 Å². The monoisotopic (exact) mass is 204 g/mol. The number of ether oxygens (including phenoxy) is 2. The van der Waals surface area contributed by atoms with Gasteiger partial charge in [0, 0.05) is 6.54 Å². The second-order valence-corrected chi connectivity index (χ2v) is 4.65. The zero-order valence-electron chi connectivity index (χ0n) is 10.0. The molecule has 86 valence electrons. The molecule has 0 bridgehead atoms. The second-order valence-electron chi connectivity index (χ2n) is 4.65. The second kappa shape index (κ2) is 6.35. The molecule has 0 saturated heterocycles. The van der Waals surface area contributed by atoms with E-state index in [-0.39, 0.29) is 18.4 Å². The van der Waals surface area contributed by atoms with Crippen molar-refractivity contribution in [1.82, 2.24) is 4.90 Å². The summed E-state index contributed by atoms with van der Waals surface area (Å²) in [7, 11) is 4.03. The molecule has 0 rings (SSSR count). The Hall–Kier alpha value is -0.160. The highest BCUT2D eigenvalue weighted by Gasteiger charge is 2.19. The number of hydrogen-bond donors (Lipinski definition) is 1. The van der Waals surface area contributed by atoms with Gasteiger partial charge in [-0.15, -0.1) is 0 Å². The largest absolute Gasteiger partial charge is 0.369 e. The van der Waals surface area contributed by atoms with Crippen molar-refractivity contribution in [2.75, 3.05) is 34.0 Å². The molecule has 0 aliphatic rings. The topological polar surface area (TPSA) is 47.7 Å². The first-order chi connectivity index (χ1) is 6.35. The zero-order valence-corrected chi connectivity index (χ0v) is 10.0. The third kappa shape index (κ3) is 8.44. The first kappa shape index (κ1) is 13.8. The van der Waals surface area contributed by atoms with Crippen LogP contribution in [0, 0.1) is 0 Å². The fourth-order valence-electron chi connectivity index (χ4n) is 1.23. The van der Waals surface area contributed by atoms with E-state index < -0.39 is 0 Å². The molecule has 0 heterocycles. The number of hydrogen-bond acceptors (Lipinski definition) is 4. The van der Waals surface area contributed by atoms with Crippen LogP contribution in [0.2, 0.25) is 0 Å². The Bertz CT molecular complexity index is 144. The summed E-state index contributed by atoms with van der Waals surface area (Å²) in [4.78, 5) is 2.08. The third-order valence-corrected chi connectivity index (χ3v) is 1.51. The normalized spacial score (nSPS) is 14.8. The van der Waals surface area contributed by atoms with Gasteiger partial charge >= 0.3 is 0 Å². The van der Waals surface area contributed by atoms with Crippen molar-refractivity contribution in [3.8, 4) is 0 Å². The molecule has 1 unspecified atom stereocenters. The molecule has 0 aliphatic carbocycles. The van der Waals surface area contributed by atoms with E-state index in [1.165, 1.54) is 0 Å². The molecular formula is C10H24N2O2. The molecule has 0 fully saturated rings. The van der Waals surface area contributed by atoms with Gasteiger partial charge in [0.15, 0.2) is 0 Å². The van der Waals surface area contributed by atoms with E-state index in [1.54, 1.807) is 0 Å². The summed E-state index contributed by atoms with van der Waals surface area (Å²) in [6.45, 7) is 7.76. The standard InChI is InChI=1S/C10H24N2O2/c1-10(2,3)14-9(6-12(4)5)7-13-8-11/h9H,6-8,11H2,1-5H3. The Morgan fingerprint density at radius 2 is 1.86 bits per heavy atom. The van der Waals surface area contributed by atoms with Crippen molar-refractivity contribution in [3.05, 3.63) is 0 Å². The van der Waals surface area contributed by atoms with Gasteiger partial charge in [-0.3, -0.25) is 0 Å². The van der Waals surface area contributed by atoms with E-state index in [0.717, 1.165) is 6.54 Å². The van der Waals surface area contributed by atoms with Gasteiger partial charge in [-0.05, 0) is 34.9 Å². The van der Waals surface area contributed by atoms with Crippen LogP contribution in [0.15, 0.2) is 0 Å². The highest BCUT2D eigenvalue weighted by atomic mass is 16.5. The summed E-state index contributed by atoms with van der Waals surface area (Å²) in [5, 5.41) is 0. The number of nitrogens with zero attached hydrogens (tertiary/aromatic N) is 1. The SMILES string of the molecule is CN(C)CC(COCN)OC(C)(C)C. The maximum Gasteiger partial charge on any atom is 0.0942 e. The van der Waals surface area contributed by atoms with Crippen molar-refractivity contribution in [2.45, 2.75) is 32.5 Å². The quantitative estimate of drug-likeness (QED) is 0.646. The predicted molar refractivity (Wildman–Crippen MR) is 58.2 cm³/mol. The Kier molecular flexibility index (Phi) is 6.27. The fourth-order valence-corrected chi connectivity index (χ4v) is 1.23. The van der Waals surface area contributed by atoms with Crippen molar-refractivity contribution in [2.24, 2.45) is 5.73 Å². The summed E-state index contributed by atoms with van der Waals surface area (Å²) >= 11 is 0. The highest BCUT2D eigenvalue weighted by Crippen LogP contribution is 2.11. The lowest BCUT2D eigenvalue weighted by atomic mass is 10.2. The minimum Gasteiger partial charge on any atom is -0.369 e. The maximum atomic E-state index is 5.83. The van der Waals surface area contributed by atoms with Crippen LogP contribution < -0.4 is 5.73 Å². The molecule has 1 atom stereocenters. The van der Waals surface area contributed by atoms with Crippen LogP contribution in [0.4, 0.5) is 0 Å². The van der Waals surface area contributed by atoms with Crippen LogP contribution in [-0.2, 0) is 9.47 Å². The Morgan fingerprint density at radius 1 is 1.29 bits per heavy atom. The average Bonchev–Trinajstić information content (AvgIpc) is 1.96. The molecular weight excluding hydrogens is 180 g/mol. The van der Waals surface area contributed by atoms with Gasteiger partial charge in [0.1, 0.15) is 0 Å². The molecule has 0 aromatic rings. The molecule has 0 saturated carbocycles. The van der Waals surface area contributed by atoms with Gasteiger partial charge in [-0.1, -0.05) is 0 Å². The van der Waals surface area contributed by atoms with Gasteiger partial charge in [-0.2, -0.15) is 0 Å². The summed E-state index contributed by atoms with van der Waals surface area (Å²) < 4.78 is 11.0. The van der Waals surface area contributed by atoms with Gasteiger partial charge in [0.05, 0.1) is 25.0 Å². The predicted octanol–water partition coefficient (Wildman–Crippen LogP) is 0.664. The lowest BCUT2D eigenvalue weighted by Crippen LogP contribution is -2.38. The van der Waals surface area contributed by atoms with Crippen LogP contribution in [0.5, 0.6) is 0 Å². The first-order valence-corrected chi connectivity index (χ1v) is 4.95. The van der Waals surface area contributed by atoms with Crippen LogP contribution in [-0.4, -0.2) is 50.6 Å². The summed E-state index contributed by atoms with van der Waals surface area (Å²) in [5.41, 5.74) is 5.14. The van der Waals surface area contributed by atoms with Crippen LogP contribution in [0.1, 0.15) is 20.8 Å². The van der Waals surface area contributed by atoms with Gasteiger partial charge in [0.25, 0.3) is 0 Å². The van der Waals surface area contributed by atoms with Gasteiger partial charge in [-0.25, -0.2) is 0 Å². The summed E-state index contributed by atoms with van der Waals surface area (Å²) in [6.07, 6.45) is 0.0774. The van der Waals surface area contributed by atoms with Crippen molar-refractivity contribution in [3.63, 3.8) is 0 Å². The summed E-state index contributed by atoms with van der Waals surface area (Å²) in [6, 6.07) is 0. The van der Waals surface area contributed by atoms with E-state index in [0.29, 0.717) is 6.61 Å². The minimum atomic E-state index is -0.140. The lowest BCUT2D eigenvalue weighted by Gasteiger charge is -2.29. The smallest absolute Gasteiger partial charge is 0.0942 e. The molecule has 0 aromatic carbocycles. The lowest BCUT2D eigenvalue weighted by molar-refractivity contribution is -0.0983. The van der Waals surface area contributed by atoms with E-state index in [9.17, 15) is 0 Å². The Labute approximate surface area is 87.4 Å². The van der Waals surface area contributed by atoms with Gasteiger partial charge in [0.2, 0.25) is 0 Å². The Morgan fingerprint density at radius 3 is 2.21 bits per heavy atom. The molecule has 4 nitrogen and oxygen atoms in total. The number of nitrogens with two attached hydrogens (primary N) is 1. The summed E-state index contributed by atoms with van der Waals surface area (Å²) in [5.74, 6) is 0. The third-order valence-electron chi connectivity index (χ3n) is 1.51. The van der Waals surface area contributed by atoms with Crippen LogP contribution in [0.25, 0.3) is 0 Å². The van der Waals surface area contributed by atoms with Crippen molar-refractivity contribution in [1.29, 1.82) is 0 Å². The number of rotatable bonds is 6. The molecule has 14 heavy (non-hydrogen) atoms. The molecule has 2 N–H and O–H groups in total. The van der Waals surface area contributed by atoms with E-state index in [1.807, 2.05) is 34.9 Å². The molecule has 0 aliphatic heterocycles. The minimum absolute atomic E-state index is 0.0774. The molecule has 0 spiro atoms. The zero-order chi connectivity index (χ0) is 11.2.